The molecule has 0 heterocycles. The molecule has 0 aromatic heterocycles. The first-order chi connectivity index (χ1) is 9.03. The standard InChI is InChI=1S/C14H28N2O3/c1-5-14(6-2)11(9-12(14)19-4)16-13(18)15-10(3)7-8-17/h10-12,17H,5-9H2,1-4H3,(H2,15,16,18)/t10-,11?,12?/m1/s1. The predicted molar refractivity (Wildman–Crippen MR) is 75.0 cm³/mol. The highest BCUT2D eigenvalue weighted by Gasteiger charge is 2.53. The van der Waals surface area contributed by atoms with E-state index in [1.54, 1.807) is 7.11 Å². The number of methoxy groups -OCH3 is 1. The molecule has 0 aromatic carbocycles. The average Bonchev–Trinajstić information content (AvgIpc) is 2.36. The van der Waals surface area contributed by atoms with Crippen LogP contribution < -0.4 is 10.6 Å². The molecular weight excluding hydrogens is 244 g/mol. The van der Waals surface area contributed by atoms with Crippen LogP contribution in [0.3, 0.4) is 0 Å². The maximum absolute atomic E-state index is 11.9. The Morgan fingerprint density at radius 2 is 2.11 bits per heavy atom. The zero-order valence-electron chi connectivity index (χ0n) is 12.5. The molecular formula is C14H28N2O3. The molecule has 19 heavy (non-hydrogen) atoms. The van der Waals surface area contributed by atoms with Crippen molar-refractivity contribution in [3.63, 3.8) is 0 Å². The topological polar surface area (TPSA) is 70.6 Å². The Morgan fingerprint density at radius 1 is 1.47 bits per heavy atom. The van der Waals surface area contributed by atoms with E-state index < -0.39 is 0 Å². The van der Waals surface area contributed by atoms with Gasteiger partial charge in [0.1, 0.15) is 0 Å². The molecule has 0 saturated heterocycles. The molecule has 3 N–H and O–H groups in total. The Bertz CT molecular complexity index is 292. The normalized spacial score (nSPS) is 26.4. The number of urea groups is 1. The molecule has 3 atom stereocenters. The zero-order chi connectivity index (χ0) is 14.5. The van der Waals surface area contributed by atoms with Crippen molar-refractivity contribution in [3.8, 4) is 0 Å². The molecule has 1 rings (SSSR count). The maximum Gasteiger partial charge on any atom is 0.315 e. The average molecular weight is 272 g/mol. The second kappa shape index (κ2) is 7.10. The fourth-order valence-corrected chi connectivity index (χ4v) is 3.17. The van der Waals surface area contributed by atoms with E-state index in [0.29, 0.717) is 6.42 Å². The lowest BCUT2D eigenvalue weighted by Crippen LogP contribution is -2.65. The minimum absolute atomic E-state index is 0.0130. The van der Waals surface area contributed by atoms with Gasteiger partial charge in [-0.2, -0.15) is 0 Å². The van der Waals surface area contributed by atoms with Gasteiger partial charge in [0.2, 0.25) is 0 Å². The summed E-state index contributed by atoms with van der Waals surface area (Å²) in [7, 11) is 1.74. The van der Waals surface area contributed by atoms with Crippen molar-refractivity contribution in [2.45, 2.75) is 64.6 Å². The second-order valence-electron chi connectivity index (χ2n) is 5.48. The Morgan fingerprint density at radius 3 is 2.58 bits per heavy atom. The van der Waals surface area contributed by atoms with Gasteiger partial charge in [-0.25, -0.2) is 4.79 Å². The van der Waals surface area contributed by atoms with E-state index in [-0.39, 0.29) is 36.2 Å². The first-order valence-electron chi connectivity index (χ1n) is 7.24. The summed E-state index contributed by atoms with van der Waals surface area (Å²) in [6.45, 7) is 6.28. The lowest BCUT2D eigenvalue weighted by Gasteiger charge is -2.55. The monoisotopic (exact) mass is 272 g/mol. The summed E-state index contributed by atoms with van der Waals surface area (Å²) in [6.07, 6.45) is 3.69. The number of carbonyl (C=O) groups is 1. The minimum Gasteiger partial charge on any atom is -0.396 e. The zero-order valence-corrected chi connectivity index (χ0v) is 12.5. The van der Waals surface area contributed by atoms with Crippen molar-refractivity contribution in [2.75, 3.05) is 13.7 Å². The molecule has 2 unspecified atom stereocenters. The summed E-state index contributed by atoms with van der Waals surface area (Å²) in [6, 6.07) is 0.0153. The molecule has 5 nitrogen and oxygen atoms in total. The Kier molecular flexibility index (Phi) is 6.07. The SMILES string of the molecule is CCC1(CC)C(NC(=O)N[C@H](C)CCO)CC1OC. The highest BCUT2D eigenvalue weighted by atomic mass is 16.5. The van der Waals surface area contributed by atoms with Crippen LogP contribution in [-0.2, 0) is 4.74 Å². The molecule has 1 saturated carbocycles. The molecule has 0 spiro atoms. The van der Waals surface area contributed by atoms with Gasteiger partial charge in [-0.3, -0.25) is 0 Å². The molecule has 1 fully saturated rings. The van der Waals surface area contributed by atoms with Crippen LogP contribution in [0.25, 0.3) is 0 Å². The van der Waals surface area contributed by atoms with Crippen LogP contribution in [0.1, 0.15) is 46.5 Å². The number of aliphatic hydroxyl groups excluding tert-OH is 1. The summed E-state index contributed by atoms with van der Waals surface area (Å²) in [5.74, 6) is 0. The van der Waals surface area contributed by atoms with Crippen molar-refractivity contribution in [1.29, 1.82) is 0 Å². The van der Waals surface area contributed by atoms with Crippen molar-refractivity contribution < 1.29 is 14.6 Å². The smallest absolute Gasteiger partial charge is 0.315 e. The molecule has 0 radical (unpaired) electrons. The lowest BCUT2D eigenvalue weighted by atomic mass is 9.58. The number of nitrogens with one attached hydrogen (secondary N) is 2. The third-order valence-electron chi connectivity index (χ3n) is 4.63. The Balaban J connectivity index is 2.51. The van der Waals surface area contributed by atoms with Crippen LogP contribution in [0.2, 0.25) is 0 Å². The van der Waals surface area contributed by atoms with E-state index in [1.165, 1.54) is 0 Å². The van der Waals surface area contributed by atoms with E-state index in [4.69, 9.17) is 9.84 Å². The van der Waals surface area contributed by atoms with Gasteiger partial charge in [-0.15, -0.1) is 0 Å². The van der Waals surface area contributed by atoms with Gasteiger partial charge < -0.3 is 20.5 Å². The predicted octanol–water partition coefficient (Wildman–Crippen LogP) is 1.65. The summed E-state index contributed by atoms with van der Waals surface area (Å²) < 4.78 is 5.51. The van der Waals surface area contributed by atoms with E-state index in [9.17, 15) is 4.79 Å². The van der Waals surface area contributed by atoms with Gasteiger partial charge in [-0.1, -0.05) is 13.8 Å². The number of amides is 2. The fourth-order valence-electron chi connectivity index (χ4n) is 3.17. The van der Waals surface area contributed by atoms with Crippen molar-refractivity contribution in [3.05, 3.63) is 0 Å². The van der Waals surface area contributed by atoms with Crippen LogP contribution in [0.5, 0.6) is 0 Å². The quantitative estimate of drug-likeness (QED) is 0.660. The van der Waals surface area contributed by atoms with Gasteiger partial charge >= 0.3 is 6.03 Å². The van der Waals surface area contributed by atoms with Crippen LogP contribution in [0.4, 0.5) is 4.79 Å². The van der Waals surface area contributed by atoms with Crippen LogP contribution in [0.15, 0.2) is 0 Å². The maximum atomic E-state index is 11.9. The summed E-state index contributed by atoms with van der Waals surface area (Å²) in [5.41, 5.74) is 0.0618. The molecule has 5 heteroatoms. The van der Waals surface area contributed by atoms with E-state index in [2.05, 4.69) is 24.5 Å². The number of hydrogen-bond acceptors (Lipinski definition) is 3. The fraction of sp³-hybridized carbons (Fsp3) is 0.929. The first-order valence-corrected chi connectivity index (χ1v) is 7.24. The van der Waals surface area contributed by atoms with Crippen molar-refractivity contribution in [1.82, 2.24) is 10.6 Å². The first kappa shape index (κ1) is 16.2. The number of rotatable bonds is 7. The minimum atomic E-state index is -0.147. The number of ether oxygens (including phenoxy) is 1. The second-order valence-corrected chi connectivity index (χ2v) is 5.48. The molecule has 0 bridgehead atoms. The highest BCUT2D eigenvalue weighted by Crippen LogP contribution is 2.48. The number of hydrogen-bond donors (Lipinski definition) is 3. The van der Waals surface area contributed by atoms with Gasteiger partial charge in [-0.05, 0) is 32.6 Å². The lowest BCUT2D eigenvalue weighted by molar-refractivity contribution is -0.120. The van der Waals surface area contributed by atoms with Crippen LogP contribution in [0, 0.1) is 5.41 Å². The Labute approximate surface area is 116 Å². The van der Waals surface area contributed by atoms with Crippen molar-refractivity contribution in [2.24, 2.45) is 5.41 Å². The van der Waals surface area contributed by atoms with Gasteiger partial charge in [0.25, 0.3) is 0 Å². The molecule has 2 amide bonds. The van der Waals surface area contributed by atoms with Gasteiger partial charge in [0, 0.05) is 31.2 Å². The number of aliphatic hydroxyl groups is 1. The largest absolute Gasteiger partial charge is 0.396 e. The highest BCUT2D eigenvalue weighted by molar-refractivity contribution is 5.74. The van der Waals surface area contributed by atoms with Gasteiger partial charge in [0.05, 0.1) is 6.10 Å². The van der Waals surface area contributed by atoms with E-state index >= 15 is 0 Å². The summed E-state index contributed by atoms with van der Waals surface area (Å²) in [5, 5.41) is 14.7. The molecule has 1 aliphatic rings. The molecule has 0 aliphatic heterocycles. The Hall–Kier alpha value is -0.810. The number of carbonyl (C=O) groups excluding carboxylic acids is 1. The third-order valence-corrected chi connectivity index (χ3v) is 4.63. The molecule has 0 aromatic rings. The van der Waals surface area contributed by atoms with E-state index in [0.717, 1.165) is 19.3 Å². The van der Waals surface area contributed by atoms with Crippen LogP contribution in [-0.4, -0.2) is 43.0 Å². The molecule has 1 aliphatic carbocycles. The van der Waals surface area contributed by atoms with E-state index in [1.807, 2.05) is 6.92 Å². The van der Waals surface area contributed by atoms with Crippen LogP contribution >= 0.6 is 0 Å². The molecule has 112 valence electrons. The summed E-state index contributed by atoms with van der Waals surface area (Å²) in [4.78, 5) is 11.9. The third kappa shape index (κ3) is 3.39. The van der Waals surface area contributed by atoms with Crippen molar-refractivity contribution >= 4 is 6.03 Å². The van der Waals surface area contributed by atoms with Gasteiger partial charge in [0.15, 0.2) is 0 Å². The summed E-state index contributed by atoms with van der Waals surface area (Å²) >= 11 is 0.